The number of aliphatic hydroxyl groups is 1. The third-order valence-electron chi connectivity index (χ3n) is 2.57. The molecule has 0 aliphatic rings. The molecule has 92 valence electrons. The monoisotopic (exact) mass is 261 g/mol. The van der Waals surface area contributed by atoms with Crippen molar-refractivity contribution in [2.75, 3.05) is 0 Å². The van der Waals surface area contributed by atoms with Crippen LogP contribution in [0.5, 0.6) is 11.6 Å². The molecule has 18 heavy (non-hydrogen) atoms. The van der Waals surface area contributed by atoms with E-state index in [2.05, 4.69) is 9.97 Å². The van der Waals surface area contributed by atoms with Crippen LogP contribution in [0.25, 0.3) is 4.96 Å². The maximum Gasteiger partial charge on any atom is 0.244 e. The lowest BCUT2D eigenvalue weighted by Gasteiger charge is -2.04. The first-order valence-corrected chi connectivity index (χ1v) is 6.31. The summed E-state index contributed by atoms with van der Waals surface area (Å²) in [6.07, 6.45) is 3.50. The van der Waals surface area contributed by atoms with Crippen LogP contribution in [0.15, 0.2) is 29.9 Å². The molecule has 1 N–H and O–H groups in total. The number of aliphatic hydroxyl groups excluding tert-OH is 1. The van der Waals surface area contributed by atoms with Crippen LogP contribution in [0.3, 0.4) is 0 Å². The third kappa shape index (κ3) is 1.85. The molecule has 3 aromatic heterocycles. The van der Waals surface area contributed by atoms with Crippen LogP contribution >= 0.6 is 11.3 Å². The van der Waals surface area contributed by atoms with E-state index in [0.29, 0.717) is 17.3 Å². The zero-order chi connectivity index (χ0) is 12.5. The van der Waals surface area contributed by atoms with Gasteiger partial charge in [0.05, 0.1) is 12.8 Å². The summed E-state index contributed by atoms with van der Waals surface area (Å²) >= 11 is 1.50. The fourth-order valence-corrected chi connectivity index (χ4v) is 2.39. The van der Waals surface area contributed by atoms with Crippen molar-refractivity contribution in [2.45, 2.75) is 13.5 Å². The van der Waals surface area contributed by atoms with Crippen LogP contribution in [0, 0.1) is 6.92 Å². The second-order valence-corrected chi connectivity index (χ2v) is 4.69. The number of rotatable bonds is 3. The average Bonchev–Trinajstić information content (AvgIpc) is 2.92. The molecule has 0 aliphatic heterocycles. The lowest BCUT2D eigenvalue weighted by molar-refractivity contribution is 0.269. The molecular weight excluding hydrogens is 250 g/mol. The van der Waals surface area contributed by atoms with E-state index in [1.54, 1.807) is 6.20 Å². The van der Waals surface area contributed by atoms with Gasteiger partial charge in [-0.25, -0.2) is 0 Å². The van der Waals surface area contributed by atoms with Gasteiger partial charge in [-0.2, -0.15) is 4.98 Å². The Hall–Kier alpha value is -1.92. The van der Waals surface area contributed by atoms with E-state index in [4.69, 9.17) is 4.74 Å². The Bertz CT molecular complexity index is 672. The van der Waals surface area contributed by atoms with Crippen molar-refractivity contribution >= 4 is 16.3 Å². The van der Waals surface area contributed by atoms with Gasteiger partial charge in [0, 0.05) is 17.3 Å². The van der Waals surface area contributed by atoms with E-state index >= 15 is 0 Å². The molecule has 3 aromatic rings. The second-order valence-electron chi connectivity index (χ2n) is 3.81. The Morgan fingerprint density at radius 1 is 1.44 bits per heavy atom. The van der Waals surface area contributed by atoms with Crippen molar-refractivity contribution in [1.82, 2.24) is 14.4 Å². The zero-order valence-electron chi connectivity index (χ0n) is 9.70. The molecule has 5 nitrogen and oxygen atoms in total. The van der Waals surface area contributed by atoms with Gasteiger partial charge in [-0.3, -0.25) is 9.38 Å². The van der Waals surface area contributed by atoms with Crippen molar-refractivity contribution in [1.29, 1.82) is 0 Å². The molecule has 6 heteroatoms. The smallest absolute Gasteiger partial charge is 0.244 e. The second kappa shape index (κ2) is 4.40. The quantitative estimate of drug-likeness (QED) is 0.786. The number of imidazole rings is 1. The summed E-state index contributed by atoms with van der Waals surface area (Å²) in [6, 6.07) is 3.70. The largest absolute Gasteiger partial charge is 0.436 e. The van der Waals surface area contributed by atoms with Gasteiger partial charge in [0.2, 0.25) is 5.88 Å². The summed E-state index contributed by atoms with van der Waals surface area (Å²) < 4.78 is 7.47. The van der Waals surface area contributed by atoms with Gasteiger partial charge >= 0.3 is 0 Å². The summed E-state index contributed by atoms with van der Waals surface area (Å²) in [7, 11) is 0. The third-order valence-corrected chi connectivity index (χ3v) is 3.33. The van der Waals surface area contributed by atoms with Crippen molar-refractivity contribution in [3.63, 3.8) is 0 Å². The van der Waals surface area contributed by atoms with E-state index in [1.807, 2.05) is 35.0 Å². The predicted octanol–water partition coefficient (Wildman–Crippen LogP) is 2.38. The van der Waals surface area contributed by atoms with E-state index in [-0.39, 0.29) is 6.61 Å². The Kier molecular flexibility index (Phi) is 2.73. The highest BCUT2D eigenvalue weighted by Crippen LogP contribution is 2.27. The molecule has 0 atom stereocenters. The van der Waals surface area contributed by atoms with E-state index < -0.39 is 0 Å². The minimum atomic E-state index is -0.119. The van der Waals surface area contributed by atoms with Gasteiger partial charge in [0.15, 0.2) is 4.96 Å². The average molecular weight is 261 g/mol. The fourth-order valence-electron chi connectivity index (χ4n) is 1.66. The normalized spacial score (nSPS) is 11.0. The Morgan fingerprint density at radius 2 is 2.33 bits per heavy atom. The number of fused-ring (bicyclic) bond motifs is 1. The highest BCUT2D eigenvalue weighted by Gasteiger charge is 2.14. The molecule has 0 aliphatic carbocycles. The predicted molar refractivity (Wildman–Crippen MR) is 68.0 cm³/mol. The highest BCUT2D eigenvalue weighted by atomic mass is 32.1. The number of hydrogen-bond donors (Lipinski definition) is 1. The first kappa shape index (κ1) is 11.2. The summed E-state index contributed by atoms with van der Waals surface area (Å²) in [5, 5.41) is 11.3. The van der Waals surface area contributed by atoms with Gasteiger partial charge in [0.1, 0.15) is 11.4 Å². The molecule has 0 saturated carbocycles. The highest BCUT2D eigenvalue weighted by molar-refractivity contribution is 7.15. The topological polar surface area (TPSA) is 59.7 Å². The Morgan fingerprint density at radius 3 is 3.06 bits per heavy atom. The summed E-state index contributed by atoms with van der Waals surface area (Å²) in [6.45, 7) is 1.79. The molecule has 0 bridgehead atoms. The minimum absolute atomic E-state index is 0.119. The van der Waals surface area contributed by atoms with Crippen LogP contribution in [0.1, 0.15) is 11.4 Å². The van der Waals surface area contributed by atoms with E-state index in [1.165, 1.54) is 11.3 Å². The number of aromatic nitrogens is 3. The Labute approximate surface area is 107 Å². The van der Waals surface area contributed by atoms with Crippen molar-refractivity contribution in [3.8, 4) is 11.6 Å². The number of ether oxygens (including phenoxy) is 1. The van der Waals surface area contributed by atoms with Crippen LogP contribution in [-0.2, 0) is 6.61 Å². The molecule has 0 spiro atoms. The number of hydrogen-bond acceptors (Lipinski definition) is 5. The van der Waals surface area contributed by atoms with Crippen molar-refractivity contribution in [2.24, 2.45) is 0 Å². The first-order valence-electron chi connectivity index (χ1n) is 5.43. The number of aryl methyl sites for hydroxylation is 1. The molecule has 3 heterocycles. The number of thiazole rings is 1. The molecule has 0 fully saturated rings. The van der Waals surface area contributed by atoms with Crippen LogP contribution in [-0.4, -0.2) is 19.5 Å². The number of nitrogens with zero attached hydrogens (tertiary/aromatic N) is 3. The maximum absolute atomic E-state index is 9.39. The van der Waals surface area contributed by atoms with Crippen LogP contribution in [0.4, 0.5) is 0 Å². The minimum Gasteiger partial charge on any atom is -0.436 e. The summed E-state index contributed by atoms with van der Waals surface area (Å²) in [5.41, 5.74) is 1.57. The van der Waals surface area contributed by atoms with Crippen molar-refractivity contribution < 1.29 is 9.84 Å². The molecule has 0 aromatic carbocycles. The summed E-state index contributed by atoms with van der Waals surface area (Å²) in [4.78, 5) is 9.29. The van der Waals surface area contributed by atoms with Crippen molar-refractivity contribution in [3.05, 3.63) is 41.3 Å². The van der Waals surface area contributed by atoms with Gasteiger partial charge in [-0.1, -0.05) is 0 Å². The Balaban J connectivity index is 1.98. The standard InChI is InChI=1S/C12H11N3O2S/c1-8-2-3-9(6-13-8)17-11-10(7-16)15-4-5-18-12(15)14-11/h2-6,16H,7H2,1H3. The van der Waals surface area contributed by atoms with Gasteiger partial charge in [0.25, 0.3) is 0 Å². The van der Waals surface area contributed by atoms with Crippen LogP contribution < -0.4 is 4.74 Å². The number of pyridine rings is 1. The maximum atomic E-state index is 9.39. The van der Waals surface area contributed by atoms with Gasteiger partial charge < -0.3 is 9.84 Å². The van der Waals surface area contributed by atoms with Gasteiger partial charge in [-0.05, 0) is 19.1 Å². The molecule has 0 amide bonds. The lowest BCUT2D eigenvalue weighted by atomic mass is 10.4. The summed E-state index contributed by atoms with van der Waals surface area (Å²) in [5.74, 6) is 1.04. The van der Waals surface area contributed by atoms with E-state index in [0.717, 1.165) is 10.7 Å². The molecule has 0 unspecified atom stereocenters. The molecule has 0 radical (unpaired) electrons. The molecule has 3 rings (SSSR count). The lowest BCUT2D eigenvalue weighted by Crippen LogP contribution is -1.94. The van der Waals surface area contributed by atoms with Crippen LogP contribution in [0.2, 0.25) is 0 Å². The SMILES string of the molecule is Cc1ccc(Oc2nc3sccn3c2CO)cn1. The molecular formula is C12H11N3O2S. The first-order chi connectivity index (χ1) is 8.78. The molecule has 0 saturated heterocycles. The fraction of sp³-hybridized carbons (Fsp3) is 0.167. The van der Waals surface area contributed by atoms with E-state index in [9.17, 15) is 5.11 Å². The van der Waals surface area contributed by atoms with Gasteiger partial charge in [-0.15, -0.1) is 11.3 Å². The zero-order valence-corrected chi connectivity index (χ0v) is 10.5.